The third-order valence-electron chi connectivity index (χ3n) is 7.80. The summed E-state index contributed by atoms with van der Waals surface area (Å²) in [5.41, 5.74) is 3.82. The van der Waals surface area contributed by atoms with Crippen molar-refractivity contribution in [2.45, 2.75) is 6.92 Å². The van der Waals surface area contributed by atoms with Crippen LogP contribution in [0.1, 0.15) is 5.56 Å². The van der Waals surface area contributed by atoms with Gasteiger partial charge in [0, 0.05) is 46.4 Å². The molecule has 0 unspecified atom stereocenters. The molecule has 0 atom stereocenters. The maximum absolute atomic E-state index is 15.0. The average Bonchev–Trinajstić information content (AvgIpc) is 3.32. The predicted molar refractivity (Wildman–Crippen MR) is 165 cm³/mol. The van der Waals surface area contributed by atoms with Gasteiger partial charge in [0.05, 0.1) is 11.0 Å². The highest BCUT2D eigenvalue weighted by Crippen LogP contribution is 2.42. The Morgan fingerprint density at radius 2 is 0.978 bits per heavy atom. The fourth-order valence-corrected chi connectivity index (χ4v) is 5.84. The molecule has 0 N–H and O–H groups in total. The Morgan fingerprint density at radius 3 is 1.53 bits per heavy atom. The van der Waals surface area contributed by atoms with Crippen LogP contribution in [0.3, 0.4) is 0 Å². The zero-order valence-electron chi connectivity index (χ0n) is 23.6. The van der Waals surface area contributed by atoms with Crippen LogP contribution in [-0.2, 0) is 0 Å². The normalized spacial score (nSPS) is 11.4. The van der Waals surface area contributed by atoms with Gasteiger partial charge >= 0.3 is 0 Å². The first-order chi connectivity index (χ1) is 21.7. The summed E-state index contributed by atoms with van der Waals surface area (Å²) in [5, 5.41) is 2.06. The lowest BCUT2D eigenvalue weighted by Gasteiger charge is -2.27. The zero-order valence-corrected chi connectivity index (χ0v) is 23.6. The van der Waals surface area contributed by atoms with E-state index >= 15 is 17.6 Å². The van der Waals surface area contributed by atoms with Crippen molar-refractivity contribution < 1.29 is 26.3 Å². The standard InChI is InChI=1S/C37H22F6N2/c1-21-7-13-34-28(15-21)29-16-23(10-14-35(29)44(34)26-5-3-2-4-6-26)22-8-11-27(12-9-22)45(36-30(40)17-24(38)18-31(36)41)37-32(42)19-25(39)20-33(37)43/h2-20H,1H3. The van der Waals surface area contributed by atoms with E-state index in [0.717, 1.165) is 38.6 Å². The van der Waals surface area contributed by atoms with Crippen LogP contribution in [-0.4, -0.2) is 4.57 Å². The molecule has 0 saturated heterocycles. The Hall–Kier alpha value is -5.50. The van der Waals surface area contributed by atoms with Crippen molar-refractivity contribution in [1.29, 1.82) is 0 Å². The van der Waals surface area contributed by atoms with Crippen molar-refractivity contribution in [2.75, 3.05) is 4.90 Å². The Labute approximate surface area is 254 Å². The molecule has 222 valence electrons. The number of nitrogens with zero attached hydrogens (tertiary/aromatic N) is 2. The largest absolute Gasteiger partial charge is 0.309 e. The van der Waals surface area contributed by atoms with Gasteiger partial charge in [0.2, 0.25) is 0 Å². The van der Waals surface area contributed by atoms with Crippen molar-refractivity contribution in [3.05, 3.63) is 156 Å². The van der Waals surface area contributed by atoms with Crippen LogP contribution >= 0.6 is 0 Å². The molecule has 8 heteroatoms. The van der Waals surface area contributed by atoms with Gasteiger partial charge in [0.25, 0.3) is 0 Å². The number of aryl methyl sites for hydroxylation is 1. The lowest BCUT2D eigenvalue weighted by atomic mass is 10.0. The van der Waals surface area contributed by atoms with Crippen LogP contribution in [0.5, 0.6) is 0 Å². The SMILES string of the molecule is Cc1ccc2c(c1)c1cc(-c3ccc(N(c4c(F)cc(F)cc4F)c4c(F)cc(F)cc4F)cc3)ccc1n2-c1ccccc1. The molecule has 0 aliphatic carbocycles. The van der Waals surface area contributed by atoms with Gasteiger partial charge < -0.3 is 4.57 Å². The van der Waals surface area contributed by atoms with E-state index in [0.29, 0.717) is 34.7 Å². The van der Waals surface area contributed by atoms with E-state index in [1.54, 1.807) is 12.1 Å². The summed E-state index contributed by atoms with van der Waals surface area (Å²) >= 11 is 0. The van der Waals surface area contributed by atoms with E-state index in [9.17, 15) is 8.78 Å². The smallest absolute Gasteiger partial charge is 0.153 e. The molecule has 1 aromatic heterocycles. The molecule has 0 fully saturated rings. The van der Waals surface area contributed by atoms with Gasteiger partial charge in [-0.2, -0.15) is 0 Å². The first-order valence-electron chi connectivity index (χ1n) is 14.0. The second-order valence-corrected chi connectivity index (χ2v) is 10.7. The van der Waals surface area contributed by atoms with Gasteiger partial charge in [-0.25, -0.2) is 26.3 Å². The monoisotopic (exact) mass is 608 g/mol. The van der Waals surface area contributed by atoms with E-state index < -0.39 is 46.3 Å². The number of anilines is 3. The molecule has 0 aliphatic heterocycles. The Kier molecular flexibility index (Phi) is 6.85. The fourth-order valence-electron chi connectivity index (χ4n) is 5.84. The Bertz CT molecular complexity index is 2140. The van der Waals surface area contributed by atoms with Gasteiger partial charge in [-0.1, -0.05) is 48.0 Å². The topological polar surface area (TPSA) is 8.17 Å². The number of aromatic nitrogens is 1. The number of hydrogen-bond acceptors (Lipinski definition) is 1. The molecule has 0 radical (unpaired) electrons. The van der Waals surface area contributed by atoms with E-state index in [-0.39, 0.29) is 5.69 Å². The fraction of sp³-hybridized carbons (Fsp3) is 0.0270. The molecular weight excluding hydrogens is 586 g/mol. The Morgan fingerprint density at radius 1 is 0.489 bits per heavy atom. The van der Waals surface area contributed by atoms with E-state index in [4.69, 9.17) is 0 Å². The van der Waals surface area contributed by atoms with Crippen LogP contribution < -0.4 is 4.90 Å². The molecule has 7 aromatic rings. The third kappa shape index (κ3) is 4.88. The van der Waals surface area contributed by atoms with Crippen molar-refractivity contribution >= 4 is 38.9 Å². The number of para-hydroxylation sites is 1. The molecule has 45 heavy (non-hydrogen) atoms. The highest BCUT2D eigenvalue weighted by atomic mass is 19.2. The lowest BCUT2D eigenvalue weighted by Crippen LogP contribution is -2.17. The maximum atomic E-state index is 15.0. The summed E-state index contributed by atoms with van der Waals surface area (Å²) in [7, 11) is 0. The average molecular weight is 609 g/mol. The van der Waals surface area contributed by atoms with Crippen LogP contribution in [0.4, 0.5) is 43.4 Å². The molecule has 0 bridgehead atoms. The summed E-state index contributed by atoms with van der Waals surface area (Å²) < 4.78 is 89.7. The van der Waals surface area contributed by atoms with Crippen molar-refractivity contribution in [3.8, 4) is 16.8 Å². The molecule has 7 rings (SSSR count). The molecule has 1 heterocycles. The minimum Gasteiger partial charge on any atom is -0.309 e. The number of hydrogen-bond donors (Lipinski definition) is 0. The number of rotatable bonds is 5. The molecule has 2 nitrogen and oxygen atoms in total. The molecule has 0 spiro atoms. The summed E-state index contributed by atoms with van der Waals surface area (Å²) in [5.74, 6) is -7.98. The maximum Gasteiger partial charge on any atom is 0.153 e. The molecule has 6 aromatic carbocycles. The van der Waals surface area contributed by atoms with Crippen LogP contribution in [0.25, 0.3) is 38.6 Å². The van der Waals surface area contributed by atoms with Gasteiger partial charge in [-0.3, -0.25) is 4.90 Å². The minimum absolute atomic E-state index is 0.0371. The molecule has 0 saturated carbocycles. The molecule has 0 aliphatic rings. The van der Waals surface area contributed by atoms with Crippen LogP contribution in [0.15, 0.2) is 115 Å². The lowest BCUT2D eigenvalue weighted by molar-refractivity contribution is 0.535. The quantitative estimate of drug-likeness (QED) is 0.177. The van der Waals surface area contributed by atoms with E-state index in [1.165, 1.54) is 12.1 Å². The van der Waals surface area contributed by atoms with Gasteiger partial charge in [-0.15, -0.1) is 0 Å². The zero-order chi connectivity index (χ0) is 31.4. The number of fused-ring (bicyclic) bond motifs is 3. The summed E-state index contributed by atoms with van der Waals surface area (Å²) in [4.78, 5) is 0.636. The second-order valence-electron chi connectivity index (χ2n) is 10.7. The van der Waals surface area contributed by atoms with Crippen LogP contribution in [0.2, 0.25) is 0 Å². The van der Waals surface area contributed by atoms with E-state index in [2.05, 4.69) is 22.8 Å². The summed E-state index contributed by atoms with van der Waals surface area (Å²) in [6.07, 6.45) is 0. The van der Waals surface area contributed by atoms with Crippen molar-refractivity contribution in [2.24, 2.45) is 0 Å². The first kappa shape index (κ1) is 28.3. The second kappa shape index (κ2) is 10.9. The number of benzene rings is 6. The summed E-state index contributed by atoms with van der Waals surface area (Å²) in [6.45, 7) is 2.03. The minimum atomic E-state index is -1.39. The van der Waals surface area contributed by atoms with Gasteiger partial charge in [0.15, 0.2) is 23.3 Å². The molecular formula is C37H22F6N2. The van der Waals surface area contributed by atoms with Crippen LogP contribution in [0, 0.1) is 41.8 Å². The number of halogens is 6. The van der Waals surface area contributed by atoms with Gasteiger partial charge in [0.1, 0.15) is 23.0 Å². The predicted octanol–water partition coefficient (Wildman–Crippen LogP) is 11.1. The molecule has 0 amide bonds. The van der Waals surface area contributed by atoms with Gasteiger partial charge in [-0.05, 0) is 66.6 Å². The van der Waals surface area contributed by atoms with Crippen molar-refractivity contribution in [1.82, 2.24) is 4.57 Å². The van der Waals surface area contributed by atoms with Crippen molar-refractivity contribution in [3.63, 3.8) is 0 Å². The highest BCUT2D eigenvalue weighted by molar-refractivity contribution is 6.10. The Balaban J connectivity index is 1.37. The summed E-state index contributed by atoms with van der Waals surface area (Å²) in [6, 6.07) is 30.0. The third-order valence-corrected chi connectivity index (χ3v) is 7.80. The first-order valence-corrected chi connectivity index (χ1v) is 14.0. The van der Waals surface area contributed by atoms with E-state index in [1.807, 2.05) is 55.5 Å². The highest BCUT2D eigenvalue weighted by Gasteiger charge is 2.27.